The van der Waals surface area contributed by atoms with Crippen molar-refractivity contribution < 1.29 is 4.79 Å². The Kier molecular flexibility index (Phi) is 8.31. The van der Waals surface area contributed by atoms with E-state index < -0.39 is 0 Å². The van der Waals surface area contributed by atoms with Crippen LogP contribution in [0, 0.1) is 0 Å². The number of para-hydroxylation sites is 1. The van der Waals surface area contributed by atoms with Crippen molar-refractivity contribution in [2.75, 3.05) is 36.8 Å². The molecule has 0 bridgehead atoms. The molecule has 0 aliphatic carbocycles. The first-order valence-electron chi connectivity index (χ1n) is 10.8. The van der Waals surface area contributed by atoms with E-state index in [0.29, 0.717) is 6.54 Å². The molecule has 0 N–H and O–H groups in total. The highest BCUT2D eigenvalue weighted by Gasteiger charge is 2.24. The maximum atomic E-state index is 13.7. The van der Waals surface area contributed by atoms with Crippen LogP contribution >= 0.6 is 23.1 Å². The largest absolute Gasteiger partial charge is 0.302 e. The van der Waals surface area contributed by atoms with Gasteiger partial charge in [0.2, 0.25) is 0 Å². The van der Waals surface area contributed by atoms with Crippen LogP contribution in [0.25, 0.3) is 10.2 Å². The molecule has 1 amide bonds. The first-order valence-corrected chi connectivity index (χ1v) is 12.6. The fraction of sp³-hybridized carbons (Fsp3) is 0.417. The lowest BCUT2D eigenvalue weighted by Gasteiger charge is -2.25. The second kappa shape index (κ2) is 10.9. The lowest BCUT2D eigenvalue weighted by Crippen LogP contribution is -2.39. The Morgan fingerprint density at radius 2 is 1.77 bits per heavy atom. The zero-order valence-electron chi connectivity index (χ0n) is 18.4. The number of carbonyl (C=O) groups excluding carboxylic acids is 1. The number of anilines is 1. The number of carbonyl (C=O) groups is 1. The molecular weight excluding hydrogens is 410 g/mol. The highest BCUT2D eigenvalue weighted by atomic mass is 32.2. The summed E-state index contributed by atoms with van der Waals surface area (Å²) in [5.41, 5.74) is 3.02. The number of likely N-dealkylation sites (N-methyl/N-ethyl adjacent to an activating group) is 1. The number of hydrogen-bond donors (Lipinski definition) is 0. The van der Waals surface area contributed by atoms with Crippen LogP contribution in [0.5, 0.6) is 0 Å². The van der Waals surface area contributed by atoms with Gasteiger partial charge in [0.1, 0.15) is 0 Å². The highest BCUT2D eigenvalue weighted by Crippen LogP contribution is 2.33. The van der Waals surface area contributed by atoms with Crippen molar-refractivity contribution in [1.29, 1.82) is 0 Å². The Hall–Kier alpha value is -1.89. The standard InChI is InChI=1S/C24H31N3OS2/c1-5-18-12-11-15-21-22(18)25-24(30-21)27(17-16-26(6-2)7-3)23(28)19-13-9-10-14-20(19)29-8-4/h9-15H,5-8,16-17H2,1-4H3. The molecule has 1 aromatic heterocycles. The zero-order chi connectivity index (χ0) is 21.5. The summed E-state index contributed by atoms with van der Waals surface area (Å²) in [6, 6.07) is 14.2. The van der Waals surface area contributed by atoms with Crippen molar-refractivity contribution in [2.24, 2.45) is 0 Å². The van der Waals surface area contributed by atoms with E-state index in [1.165, 1.54) is 5.56 Å². The number of aromatic nitrogens is 1. The SMILES string of the molecule is CCSc1ccccc1C(=O)N(CCN(CC)CC)c1nc2c(CC)cccc2s1. The summed E-state index contributed by atoms with van der Waals surface area (Å²) >= 11 is 3.33. The van der Waals surface area contributed by atoms with Crippen LogP contribution in [0.15, 0.2) is 47.4 Å². The minimum Gasteiger partial charge on any atom is -0.302 e. The number of hydrogen-bond acceptors (Lipinski definition) is 5. The third kappa shape index (κ3) is 5.05. The third-order valence-electron chi connectivity index (χ3n) is 5.30. The molecule has 0 saturated heterocycles. The molecule has 6 heteroatoms. The number of fused-ring (bicyclic) bond motifs is 1. The van der Waals surface area contributed by atoms with Gasteiger partial charge in [0.05, 0.1) is 15.8 Å². The second-order valence-corrected chi connectivity index (χ2v) is 9.34. The zero-order valence-corrected chi connectivity index (χ0v) is 20.0. The van der Waals surface area contributed by atoms with Crippen molar-refractivity contribution in [3.63, 3.8) is 0 Å². The van der Waals surface area contributed by atoms with E-state index in [2.05, 4.69) is 50.8 Å². The smallest absolute Gasteiger partial charge is 0.261 e. The van der Waals surface area contributed by atoms with Crippen molar-refractivity contribution >= 4 is 44.4 Å². The molecule has 0 unspecified atom stereocenters. The number of nitrogens with zero attached hydrogens (tertiary/aromatic N) is 3. The maximum Gasteiger partial charge on any atom is 0.261 e. The normalized spacial score (nSPS) is 11.4. The van der Waals surface area contributed by atoms with Gasteiger partial charge in [0, 0.05) is 18.0 Å². The highest BCUT2D eigenvalue weighted by molar-refractivity contribution is 7.99. The van der Waals surface area contributed by atoms with E-state index in [1.54, 1.807) is 23.1 Å². The number of amides is 1. The molecule has 0 saturated carbocycles. The minimum atomic E-state index is 0.0378. The van der Waals surface area contributed by atoms with Crippen LogP contribution in [0.4, 0.5) is 5.13 Å². The molecular formula is C24H31N3OS2. The molecule has 1 heterocycles. The molecule has 160 valence electrons. The van der Waals surface area contributed by atoms with Gasteiger partial charge in [0.25, 0.3) is 5.91 Å². The Labute approximate surface area is 188 Å². The molecule has 3 aromatic rings. The molecule has 0 aliphatic rings. The summed E-state index contributed by atoms with van der Waals surface area (Å²) in [5, 5.41) is 0.791. The lowest BCUT2D eigenvalue weighted by molar-refractivity contribution is 0.0981. The Bertz CT molecular complexity index is 981. The number of rotatable bonds is 10. The Morgan fingerprint density at radius 1 is 1.00 bits per heavy atom. The van der Waals surface area contributed by atoms with Crippen LogP contribution in [-0.2, 0) is 6.42 Å². The van der Waals surface area contributed by atoms with Gasteiger partial charge < -0.3 is 4.90 Å². The molecule has 4 nitrogen and oxygen atoms in total. The van der Waals surface area contributed by atoms with Gasteiger partial charge >= 0.3 is 0 Å². The van der Waals surface area contributed by atoms with Crippen LogP contribution in [0.3, 0.4) is 0 Å². The van der Waals surface area contributed by atoms with Crippen LogP contribution in [-0.4, -0.2) is 47.7 Å². The van der Waals surface area contributed by atoms with E-state index in [1.807, 2.05) is 29.2 Å². The molecule has 0 spiro atoms. The van der Waals surface area contributed by atoms with Gasteiger partial charge in [-0.3, -0.25) is 9.69 Å². The predicted octanol–water partition coefficient (Wildman–Crippen LogP) is 5.96. The van der Waals surface area contributed by atoms with Gasteiger partial charge in [-0.1, -0.05) is 63.3 Å². The maximum absolute atomic E-state index is 13.7. The van der Waals surface area contributed by atoms with Crippen LogP contribution in [0.2, 0.25) is 0 Å². The summed E-state index contributed by atoms with van der Waals surface area (Å²) in [6.45, 7) is 12.0. The summed E-state index contributed by atoms with van der Waals surface area (Å²) in [6.07, 6.45) is 0.934. The van der Waals surface area contributed by atoms with Gasteiger partial charge in [0.15, 0.2) is 5.13 Å². The summed E-state index contributed by atoms with van der Waals surface area (Å²) < 4.78 is 1.14. The molecule has 3 rings (SSSR count). The minimum absolute atomic E-state index is 0.0378. The monoisotopic (exact) mass is 441 g/mol. The van der Waals surface area contributed by atoms with Crippen molar-refractivity contribution in [3.05, 3.63) is 53.6 Å². The van der Waals surface area contributed by atoms with E-state index in [9.17, 15) is 4.79 Å². The second-order valence-electron chi connectivity index (χ2n) is 7.03. The number of thioether (sulfide) groups is 1. The fourth-order valence-corrected chi connectivity index (χ4v) is 5.36. The fourth-order valence-electron chi connectivity index (χ4n) is 3.53. The van der Waals surface area contributed by atoms with E-state index in [0.717, 1.165) is 57.6 Å². The predicted molar refractivity (Wildman–Crippen MR) is 131 cm³/mol. The van der Waals surface area contributed by atoms with Crippen LogP contribution < -0.4 is 4.90 Å². The lowest BCUT2D eigenvalue weighted by atomic mass is 10.1. The first-order chi connectivity index (χ1) is 14.6. The third-order valence-corrected chi connectivity index (χ3v) is 7.30. The van der Waals surface area contributed by atoms with E-state index in [-0.39, 0.29) is 5.91 Å². The molecule has 30 heavy (non-hydrogen) atoms. The van der Waals surface area contributed by atoms with Gasteiger partial charge in [-0.2, -0.15) is 0 Å². The number of thiazole rings is 1. The summed E-state index contributed by atoms with van der Waals surface area (Å²) in [4.78, 5) is 23.9. The van der Waals surface area contributed by atoms with Gasteiger partial charge in [-0.25, -0.2) is 4.98 Å². The van der Waals surface area contributed by atoms with Gasteiger partial charge in [-0.05, 0) is 49.0 Å². The summed E-state index contributed by atoms with van der Waals surface area (Å²) in [7, 11) is 0. The Morgan fingerprint density at radius 3 is 2.47 bits per heavy atom. The van der Waals surface area contributed by atoms with Crippen molar-refractivity contribution in [2.45, 2.75) is 39.0 Å². The van der Waals surface area contributed by atoms with E-state index >= 15 is 0 Å². The molecule has 0 fully saturated rings. The topological polar surface area (TPSA) is 36.4 Å². The van der Waals surface area contributed by atoms with E-state index in [4.69, 9.17) is 4.98 Å². The molecule has 2 aromatic carbocycles. The average molecular weight is 442 g/mol. The quantitative estimate of drug-likeness (QED) is 0.364. The summed E-state index contributed by atoms with van der Waals surface area (Å²) in [5.74, 6) is 0.973. The van der Waals surface area contributed by atoms with Crippen LogP contribution in [0.1, 0.15) is 43.6 Å². The Balaban J connectivity index is 2.02. The first kappa shape index (κ1) is 22.8. The molecule has 0 atom stereocenters. The molecule has 0 radical (unpaired) electrons. The van der Waals surface area contributed by atoms with Gasteiger partial charge in [-0.15, -0.1) is 11.8 Å². The number of aryl methyl sites for hydroxylation is 1. The van der Waals surface area contributed by atoms with Crippen molar-refractivity contribution in [3.8, 4) is 0 Å². The molecule has 0 aliphatic heterocycles. The average Bonchev–Trinajstić information content (AvgIpc) is 3.21. The van der Waals surface area contributed by atoms with Crippen molar-refractivity contribution in [1.82, 2.24) is 9.88 Å². The number of benzene rings is 2.